The maximum atomic E-state index is 11.6. The van der Waals surface area contributed by atoms with Gasteiger partial charge in [-0.1, -0.05) is 0 Å². The number of nitrogens with one attached hydrogen (secondary N) is 2. The quantitative estimate of drug-likeness (QED) is 0.365. The number of rotatable bonds is 7. The van der Waals surface area contributed by atoms with Gasteiger partial charge in [0.1, 0.15) is 0 Å². The maximum Gasteiger partial charge on any atom is 0.214 e. The van der Waals surface area contributed by atoms with Gasteiger partial charge in [0.15, 0.2) is 5.96 Å². The third-order valence-corrected chi connectivity index (χ3v) is 4.85. The van der Waals surface area contributed by atoms with Crippen LogP contribution in [-0.4, -0.2) is 71.4 Å². The van der Waals surface area contributed by atoms with E-state index in [-0.39, 0.29) is 5.75 Å². The Labute approximate surface area is 115 Å². The molecule has 19 heavy (non-hydrogen) atoms. The van der Waals surface area contributed by atoms with Crippen LogP contribution in [0.15, 0.2) is 4.99 Å². The van der Waals surface area contributed by atoms with Crippen LogP contribution in [0, 0.1) is 0 Å². The second-order valence-electron chi connectivity index (χ2n) is 4.34. The molecule has 0 atom stereocenters. The summed E-state index contributed by atoms with van der Waals surface area (Å²) in [5.74, 6) is 0.962. The van der Waals surface area contributed by atoms with Gasteiger partial charge in [0.05, 0.1) is 5.75 Å². The lowest BCUT2D eigenvalue weighted by Crippen LogP contribution is -2.42. The standard InChI is InChI=1S/C11H24N4O3S/c1-12-11(13-5-3-9-18-2)14-6-8-15-7-4-10-19(15,16)17/h3-10H2,1-2H3,(H2,12,13,14). The number of nitrogens with zero attached hydrogens (tertiary/aromatic N) is 2. The molecule has 8 heteroatoms. The van der Waals surface area contributed by atoms with Gasteiger partial charge in [-0.3, -0.25) is 4.99 Å². The van der Waals surface area contributed by atoms with Crippen LogP contribution in [0.3, 0.4) is 0 Å². The van der Waals surface area contributed by atoms with Crippen LogP contribution in [-0.2, 0) is 14.8 Å². The van der Waals surface area contributed by atoms with Gasteiger partial charge in [0, 0.05) is 46.9 Å². The Balaban J connectivity index is 2.19. The molecule has 1 fully saturated rings. The molecule has 2 N–H and O–H groups in total. The van der Waals surface area contributed by atoms with Gasteiger partial charge in [-0.2, -0.15) is 0 Å². The molecule has 1 aliphatic rings. The lowest BCUT2D eigenvalue weighted by Gasteiger charge is -2.16. The Morgan fingerprint density at radius 1 is 1.37 bits per heavy atom. The van der Waals surface area contributed by atoms with Crippen LogP contribution in [0.1, 0.15) is 12.8 Å². The van der Waals surface area contributed by atoms with E-state index in [2.05, 4.69) is 15.6 Å². The SMILES string of the molecule is CN=C(NCCCOC)NCCN1CCCS1(=O)=O. The minimum atomic E-state index is -3.00. The highest BCUT2D eigenvalue weighted by Gasteiger charge is 2.27. The van der Waals surface area contributed by atoms with Crippen LogP contribution < -0.4 is 10.6 Å². The molecule has 112 valence electrons. The predicted octanol–water partition coefficient (Wildman–Crippen LogP) is -0.777. The lowest BCUT2D eigenvalue weighted by molar-refractivity contribution is 0.195. The maximum absolute atomic E-state index is 11.6. The van der Waals surface area contributed by atoms with Crippen molar-refractivity contribution in [2.24, 2.45) is 4.99 Å². The minimum Gasteiger partial charge on any atom is -0.385 e. The molecule has 0 radical (unpaired) electrons. The van der Waals surface area contributed by atoms with Gasteiger partial charge in [-0.15, -0.1) is 0 Å². The first kappa shape index (κ1) is 16.2. The average Bonchev–Trinajstić information content (AvgIpc) is 2.71. The van der Waals surface area contributed by atoms with Gasteiger partial charge in [0.25, 0.3) is 0 Å². The molecule has 1 aliphatic heterocycles. The van der Waals surface area contributed by atoms with E-state index in [4.69, 9.17) is 4.74 Å². The molecule has 1 saturated heterocycles. The molecule has 0 aromatic heterocycles. The zero-order valence-electron chi connectivity index (χ0n) is 11.7. The summed E-state index contributed by atoms with van der Waals surface area (Å²) in [6.45, 7) is 3.15. The zero-order chi connectivity index (χ0) is 14.1. The van der Waals surface area contributed by atoms with Gasteiger partial charge < -0.3 is 15.4 Å². The Morgan fingerprint density at radius 3 is 2.68 bits per heavy atom. The Hall–Kier alpha value is -0.860. The van der Waals surface area contributed by atoms with Gasteiger partial charge in [-0.25, -0.2) is 12.7 Å². The highest BCUT2D eigenvalue weighted by Crippen LogP contribution is 2.11. The predicted molar refractivity (Wildman–Crippen MR) is 75.8 cm³/mol. The largest absolute Gasteiger partial charge is 0.385 e. The monoisotopic (exact) mass is 292 g/mol. The highest BCUT2D eigenvalue weighted by atomic mass is 32.2. The first-order valence-corrected chi connectivity index (χ1v) is 8.12. The fourth-order valence-corrected chi connectivity index (χ4v) is 3.41. The van der Waals surface area contributed by atoms with Crippen molar-refractivity contribution < 1.29 is 13.2 Å². The molecule has 0 amide bonds. The average molecular weight is 292 g/mol. The molecule has 1 heterocycles. The lowest BCUT2D eigenvalue weighted by atomic mass is 10.4. The van der Waals surface area contributed by atoms with E-state index in [9.17, 15) is 8.42 Å². The third-order valence-electron chi connectivity index (χ3n) is 2.90. The molecule has 0 saturated carbocycles. The second kappa shape index (κ2) is 8.34. The van der Waals surface area contributed by atoms with Gasteiger partial charge >= 0.3 is 0 Å². The molecule has 0 unspecified atom stereocenters. The fraction of sp³-hybridized carbons (Fsp3) is 0.909. The van der Waals surface area contributed by atoms with Crippen LogP contribution >= 0.6 is 0 Å². The van der Waals surface area contributed by atoms with E-state index in [1.54, 1.807) is 14.2 Å². The summed E-state index contributed by atoms with van der Waals surface area (Å²) in [5.41, 5.74) is 0. The molecule has 0 aliphatic carbocycles. The smallest absolute Gasteiger partial charge is 0.214 e. The fourth-order valence-electron chi connectivity index (χ4n) is 1.89. The van der Waals surface area contributed by atoms with Crippen molar-refractivity contribution in [3.8, 4) is 0 Å². The number of ether oxygens (including phenoxy) is 1. The molecule has 7 nitrogen and oxygen atoms in total. The summed E-state index contributed by atoms with van der Waals surface area (Å²) in [7, 11) is 0.363. The van der Waals surface area contributed by atoms with Crippen molar-refractivity contribution in [3.05, 3.63) is 0 Å². The van der Waals surface area contributed by atoms with Crippen molar-refractivity contribution in [2.75, 3.05) is 52.7 Å². The van der Waals surface area contributed by atoms with Crippen LogP contribution in [0.2, 0.25) is 0 Å². The van der Waals surface area contributed by atoms with E-state index < -0.39 is 10.0 Å². The molecule has 0 aromatic carbocycles. The molecular weight excluding hydrogens is 268 g/mol. The summed E-state index contributed by atoms with van der Waals surface area (Å²) in [6, 6.07) is 0. The van der Waals surface area contributed by atoms with Crippen LogP contribution in [0.25, 0.3) is 0 Å². The van der Waals surface area contributed by atoms with Crippen LogP contribution in [0.5, 0.6) is 0 Å². The number of guanidine groups is 1. The summed E-state index contributed by atoms with van der Waals surface area (Å²) in [4.78, 5) is 4.07. The Bertz CT molecular complexity index is 383. The molecule has 1 rings (SSSR count). The topological polar surface area (TPSA) is 83.0 Å². The van der Waals surface area contributed by atoms with E-state index in [1.165, 1.54) is 4.31 Å². The second-order valence-corrected chi connectivity index (χ2v) is 6.43. The zero-order valence-corrected chi connectivity index (χ0v) is 12.5. The van der Waals surface area contributed by atoms with Gasteiger partial charge in [0.2, 0.25) is 10.0 Å². The summed E-state index contributed by atoms with van der Waals surface area (Å²) >= 11 is 0. The molecular formula is C11H24N4O3S. The normalized spacial score (nSPS) is 19.6. The van der Waals surface area contributed by atoms with E-state index in [0.717, 1.165) is 19.4 Å². The number of sulfonamides is 1. The van der Waals surface area contributed by atoms with Crippen molar-refractivity contribution in [1.29, 1.82) is 0 Å². The number of aliphatic imine (C=N–C) groups is 1. The van der Waals surface area contributed by atoms with Crippen molar-refractivity contribution >= 4 is 16.0 Å². The van der Waals surface area contributed by atoms with E-state index in [0.29, 0.717) is 32.2 Å². The van der Waals surface area contributed by atoms with E-state index >= 15 is 0 Å². The summed E-state index contributed by atoms with van der Waals surface area (Å²) in [6.07, 6.45) is 1.63. The summed E-state index contributed by atoms with van der Waals surface area (Å²) in [5, 5.41) is 6.24. The van der Waals surface area contributed by atoms with E-state index in [1.807, 2.05) is 0 Å². The summed E-state index contributed by atoms with van der Waals surface area (Å²) < 4.78 is 29.7. The molecule has 0 spiro atoms. The molecule has 0 aromatic rings. The highest BCUT2D eigenvalue weighted by molar-refractivity contribution is 7.89. The van der Waals surface area contributed by atoms with Crippen LogP contribution in [0.4, 0.5) is 0 Å². The first-order chi connectivity index (χ1) is 9.10. The number of hydrogen-bond acceptors (Lipinski definition) is 4. The Morgan fingerprint density at radius 2 is 2.11 bits per heavy atom. The van der Waals surface area contributed by atoms with Crippen molar-refractivity contribution in [2.45, 2.75) is 12.8 Å². The third kappa shape index (κ3) is 5.75. The van der Waals surface area contributed by atoms with Gasteiger partial charge in [-0.05, 0) is 12.8 Å². The van der Waals surface area contributed by atoms with Crippen molar-refractivity contribution in [3.63, 3.8) is 0 Å². The first-order valence-electron chi connectivity index (χ1n) is 6.51. The van der Waals surface area contributed by atoms with Crippen molar-refractivity contribution in [1.82, 2.24) is 14.9 Å². The Kier molecular flexibility index (Phi) is 7.11. The number of methoxy groups -OCH3 is 1. The molecule has 0 bridgehead atoms. The number of hydrogen-bond donors (Lipinski definition) is 2. The minimum absolute atomic E-state index is 0.275.